The van der Waals surface area contributed by atoms with Crippen molar-refractivity contribution in [2.24, 2.45) is 0 Å². The van der Waals surface area contributed by atoms with E-state index in [0.29, 0.717) is 0 Å². The van der Waals surface area contributed by atoms with Crippen LogP contribution in [0.15, 0.2) is 66.7 Å². The number of aryl methyl sites for hydroxylation is 1. The van der Waals surface area contributed by atoms with Gasteiger partial charge in [-0.15, -0.1) is 0 Å². The summed E-state index contributed by atoms with van der Waals surface area (Å²) in [7, 11) is 0. The second-order valence-corrected chi connectivity index (χ2v) is 4.88. The summed E-state index contributed by atoms with van der Waals surface area (Å²) >= 11 is 0. The molecular weight excluding hydrogens is 228 g/mol. The molecule has 0 spiro atoms. The van der Waals surface area contributed by atoms with E-state index in [0.717, 1.165) is 12.8 Å². The molecule has 2 aromatic rings. The zero-order valence-corrected chi connectivity index (χ0v) is 11.7. The minimum Gasteiger partial charge on any atom is -0.0838 e. The van der Waals surface area contributed by atoms with E-state index in [1.807, 2.05) is 0 Å². The average Bonchev–Trinajstić information content (AvgIpc) is 2.47. The van der Waals surface area contributed by atoms with Crippen LogP contribution in [0.1, 0.15) is 30.0 Å². The van der Waals surface area contributed by atoms with E-state index in [1.165, 1.54) is 29.5 Å². The van der Waals surface area contributed by atoms with Crippen molar-refractivity contribution in [3.05, 3.63) is 83.4 Å². The maximum Gasteiger partial charge on any atom is -0.00946 e. The van der Waals surface area contributed by atoms with Crippen molar-refractivity contribution in [2.45, 2.75) is 32.6 Å². The molecule has 0 heterocycles. The molecule has 0 radical (unpaired) electrons. The maximum atomic E-state index is 2.29. The molecule has 0 N–H and O–H groups in total. The van der Waals surface area contributed by atoms with Crippen LogP contribution in [0.5, 0.6) is 0 Å². The van der Waals surface area contributed by atoms with Crippen molar-refractivity contribution in [1.29, 1.82) is 0 Å². The molecule has 0 unspecified atom stereocenters. The average molecular weight is 250 g/mol. The fraction of sp³-hybridized carbons (Fsp3) is 0.263. The summed E-state index contributed by atoms with van der Waals surface area (Å²) in [6, 6.07) is 19.4. The number of hydrogen-bond donors (Lipinski definition) is 0. The van der Waals surface area contributed by atoms with Gasteiger partial charge < -0.3 is 0 Å². The van der Waals surface area contributed by atoms with E-state index in [9.17, 15) is 0 Å². The third-order valence-electron chi connectivity index (χ3n) is 3.34. The quantitative estimate of drug-likeness (QED) is 0.634. The molecule has 0 atom stereocenters. The highest BCUT2D eigenvalue weighted by Gasteiger charge is 1.98. The van der Waals surface area contributed by atoms with Gasteiger partial charge in [-0.25, -0.2) is 0 Å². The summed E-state index contributed by atoms with van der Waals surface area (Å²) in [5, 5.41) is 0. The fourth-order valence-electron chi connectivity index (χ4n) is 2.31. The topological polar surface area (TPSA) is 0 Å². The van der Waals surface area contributed by atoms with Gasteiger partial charge in [0.05, 0.1) is 0 Å². The molecule has 19 heavy (non-hydrogen) atoms. The van der Waals surface area contributed by atoms with Crippen LogP contribution in [0.25, 0.3) is 0 Å². The first-order valence-electron chi connectivity index (χ1n) is 7.16. The molecule has 0 aliphatic heterocycles. The highest BCUT2D eigenvalue weighted by Crippen LogP contribution is 2.12. The Kier molecular flexibility index (Phi) is 5.43. The Morgan fingerprint density at radius 2 is 1.37 bits per heavy atom. The number of allylic oxidation sites excluding steroid dienone is 2. The van der Waals surface area contributed by atoms with Crippen molar-refractivity contribution in [1.82, 2.24) is 0 Å². The highest BCUT2D eigenvalue weighted by molar-refractivity contribution is 5.29. The smallest absolute Gasteiger partial charge is 0.00946 e. The summed E-state index contributed by atoms with van der Waals surface area (Å²) in [6.45, 7) is 2.24. The lowest BCUT2D eigenvalue weighted by Gasteiger charge is -2.05. The van der Waals surface area contributed by atoms with E-state index in [-0.39, 0.29) is 0 Å². The second-order valence-electron chi connectivity index (χ2n) is 4.88. The first-order valence-corrected chi connectivity index (χ1v) is 7.16. The van der Waals surface area contributed by atoms with Crippen LogP contribution >= 0.6 is 0 Å². The van der Waals surface area contributed by atoms with E-state index in [4.69, 9.17) is 0 Å². The molecule has 0 aromatic heterocycles. The zero-order valence-electron chi connectivity index (χ0n) is 11.7. The van der Waals surface area contributed by atoms with Crippen LogP contribution < -0.4 is 0 Å². The summed E-state index contributed by atoms with van der Waals surface area (Å²) in [5.41, 5.74) is 4.34. The Balaban J connectivity index is 1.91. The van der Waals surface area contributed by atoms with Crippen LogP contribution in [0.2, 0.25) is 0 Å². The highest BCUT2D eigenvalue weighted by atomic mass is 14.0. The Bertz CT molecular complexity index is 509. The molecule has 0 fully saturated rings. The van der Waals surface area contributed by atoms with E-state index in [2.05, 4.69) is 73.7 Å². The van der Waals surface area contributed by atoms with Crippen molar-refractivity contribution in [2.75, 3.05) is 0 Å². The van der Waals surface area contributed by atoms with Crippen molar-refractivity contribution >= 4 is 0 Å². The van der Waals surface area contributed by atoms with E-state index >= 15 is 0 Å². The van der Waals surface area contributed by atoms with Gasteiger partial charge >= 0.3 is 0 Å². The first-order chi connectivity index (χ1) is 9.40. The lowest BCUT2D eigenvalue weighted by Crippen LogP contribution is -1.92. The fourth-order valence-corrected chi connectivity index (χ4v) is 2.31. The first kappa shape index (κ1) is 13.6. The molecule has 2 aromatic carbocycles. The maximum absolute atomic E-state index is 2.29. The second kappa shape index (κ2) is 7.58. The third-order valence-corrected chi connectivity index (χ3v) is 3.34. The molecule has 2 rings (SSSR count). The minimum atomic E-state index is 1.02. The minimum absolute atomic E-state index is 1.02. The number of hydrogen-bond acceptors (Lipinski definition) is 0. The summed E-state index contributed by atoms with van der Waals surface area (Å²) in [6.07, 6.45) is 9.03. The molecule has 0 bridgehead atoms. The predicted molar refractivity (Wildman–Crippen MR) is 83.4 cm³/mol. The largest absolute Gasteiger partial charge is 0.0838 e. The Morgan fingerprint density at radius 1 is 0.737 bits per heavy atom. The zero-order chi connectivity index (χ0) is 13.3. The van der Waals surface area contributed by atoms with Gasteiger partial charge in [0.2, 0.25) is 0 Å². The molecule has 0 heteroatoms. The Morgan fingerprint density at radius 3 is 2.11 bits per heavy atom. The van der Waals surface area contributed by atoms with Crippen LogP contribution in [-0.4, -0.2) is 0 Å². The van der Waals surface area contributed by atoms with Gasteiger partial charge in [0.25, 0.3) is 0 Å². The Hall–Kier alpha value is -1.82. The number of rotatable bonds is 6. The van der Waals surface area contributed by atoms with Crippen molar-refractivity contribution in [3.63, 3.8) is 0 Å². The molecule has 0 saturated carbocycles. The summed E-state index contributed by atoms with van der Waals surface area (Å²) in [4.78, 5) is 0. The summed E-state index contributed by atoms with van der Waals surface area (Å²) in [5.74, 6) is 0. The van der Waals surface area contributed by atoms with Crippen LogP contribution in [0.4, 0.5) is 0 Å². The normalized spacial score (nSPS) is 11.0. The van der Waals surface area contributed by atoms with Gasteiger partial charge in [0.1, 0.15) is 0 Å². The molecular formula is C19H22. The van der Waals surface area contributed by atoms with Gasteiger partial charge in [0.15, 0.2) is 0 Å². The van der Waals surface area contributed by atoms with Crippen LogP contribution in [0.3, 0.4) is 0 Å². The number of benzene rings is 2. The van der Waals surface area contributed by atoms with Crippen LogP contribution in [-0.2, 0) is 19.3 Å². The van der Waals surface area contributed by atoms with Gasteiger partial charge in [0, 0.05) is 0 Å². The van der Waals surface area contributed by atoms with Crippen molar-refractivity contribution < 1.29 is 0 Å². The molecule has 0 nitrogen and oxygen atoms in total. The molecule has 98 valence electrons. The van der Waals surface area contributed by atoms with Gasteiger partial charge in [-0.1, -0.05) is 80.1 Å². The standard InChI is InChI=1S/C19H22/c1-2-10-18-14-8-9-16-19(18)15-7-6-13-17-11-4-3-5-12-17/h3-9,11-12,14,16H,2,10,13,15H2,1H3. The third kappa shape index (κ3) is 4.40. The van der Waals surface area contributed by atoms with Gasteiger partial charge in [-0.2, -0.15) is 0 Å². The molecule has 0 amide bonds. The monoisotopic (exact) mass is 250 g/mol. The molecule has 0 aliphatic rings. The molecule has 0 saturated heterocycles. The van der Waals surface area contributed by atoms with Gasteiger partial charge in [-0.05, 0) is 36.0 Å². The van der Waals surface area contributed by atoms with E-state index < -0.39 is 0 Å². The SMILES string of the molecule is CCCc1ccccc1CC=CCc1ccccc1. The van der Waals surface area contributed by atoms with E-state index in [1.54, 1.807) is 0 Å². The van der Waals surface area contributed by atoms with Crippen LogP contribution in [0, 0.1) is 0 Å². The lowest BCUT2D eigenvalue weighted by atomic mass is 10.0. The lowest BCUT2D eigenvalue weighted by molar-refractivity contribution is 0.906. The predicted octanol–water partition coefficient (Wildman–Crippen LogP) is 4.98. The summed E-state index contributed by atoms with van der Waals surface area (Å²) < 4.78 is 0. The molecule has 0 aliphatic carbocycles. The Labute approximate surface area is 116 Å². The van der Waals surface area contributed by atoms with Gasteiger partial charge in [-0.3, -0.25) is 0 Å². The van der Waals surface area contributed by atoms with Crippen molar-refractivity contribution in [3.8, 4) is 0 Å².